The van der Waals surface area contributed by atoms with Crippen LogP contribution in [0.5, 0.6) is 0 Å². The lowest BCUT2D eigenvalue weighted by Gasteiger charge is -2.29. The van der Waals surface area contributed by atoms with E-state index in [2.05, 4.69) is 28.9 Å². The van der Waals surface area contributed by atoms with E-state index in [1.165, 1.54) is 6.07 Å². The fraction of sp³-hybridized carbons (Fsp3) is 0.389. The zero-order valence-corrected chi connectivity index (χ0v) is 14.6. The van der Waals surface area contributed by atoms with Crippen LogP contribution in [0.3, 0.4) is 0 Å². The summed E-state index contributed by atoms with van der Waals surface area (Å²) in [4.78, 5) is 20.3. The Kier molecular flexibility index (Phi) is 5.01. The summed E-state index contributed by atoms with van der Waals surface area (Å²) < 4.78 is 33.6. The molecule has 0 saturated heterocycles. The van der Waals surface area contributed by atoms with Gasteiger partial charge in [0.15, 0.2) is 5.69 Å². The van der Waals surface area contributed by atoms with Crippen LogP contribution in [0.25, 0.3) is 6.20 Å². The van der Waals surface area contributed by atoms with E-state index in [0.717, 1.165) is 12.8 Å². The number of oxazole rings is 1. The molecule has 2 aromatic rings. The molecule has 1 aliphatic carbocycles. The summed E-state index contributed by atoms with van der Waals surface area (Å²) in [7, 11) is 0. The van der Waals surface area contributed by atoms with Gasteiger partial charge in [-0.3, -0.25) is 10.1 Å². The molecule has 0 bridgehead atoms. The third-order valence-electron chi connectivity index (χ3n) is 4.42. The molecule has 1 amide bonds. The van der Waals surface area contributed by atoms with Crippen molar-refractivity contribution >= 4 is 30.5 Å². The molecule has 2 aromatic heterocycles. The van der Waals surface area contributed by atoms with Crippen LogP contribution >= 0.6 is 0 Å². The number of amides is 1. The fourth-order valence-electron chi connectivity index (χ4n) is 3.10. The molecule has 0 unspecified atom stereocenters. The number of aromatic nitrogens is 2. The average Bonchev–Trinajstić information content (AvgIpc) is 3.16. The Bertz CT molecular complexity index is 847. The van der Waals surface area contributed by atoms with Crippen LogP contribution in [0.4, 0.5) is 20.5 Å². The van der Waals surface area contributed by atoms with Crippen molar-refractivity contribution in [1.29, 1.82) is 0 Å². The summed E-state index contributed by atoms with van der Waals surface area (Å²) in [5, 5.41) is 2.40. The van der Waals surface area contributed by atoms with Gasteiger partial charge in [-0.1, -0.05) is 13.0 Å². The predicted molar refractivity (Wildman–Crippen MR) is 95.2 cm³/mol. The minimum absolute atomic E-state index is 0.0225. The van der Waals surface area contributed by atoms with Crippen molar-refractivity contribution in [2.45, 2.75) is 39.0 Å². The first-order chi connectivity index (χ1) is 12.4. The van der Waals surface area contributed by atoms with E-state index in [1.807, 2.05) is 6.92 Å². The lowest BCUT2D eigenvalue weighted by molar-refractivity contribution is 0.102. The molecule has 1 saturated carbocycles. The van der Waals surface area contributed by atoms with E-state index >= 15 is 0 Å². The minimum atomic E-state index is -2.84. The molecule has 3 rings (SSSR count). The molecular formula is C18H20F2N4O2. The maximum absolute atomic E-state index is 13.3. The number of carbonyl (C=O) groups excluding carboxylic acids is 1. The Labute approximate surface area is 149 Å². The fourth-order valence-corrected chi connectivity index (χ4v) is 3.10. The Hall–Kier alpha value is -2.77. The number of nitrogens with one attached hydrogen (secondary N) is 1. The molecule has 1 aliphatic rings. The molecular weight excluding hydrogens is 342 g/mol. The molecule has 1 fully saturated rings. The third kappa shape index (κ3) is 3.31. The van der Waals surface area contributed by atoms with Gasteiger partial charge in [-0.05, 0) is 38.5 Å². The van der Waals surface area contributed by atoms with Gasteiger partial charge in [-0.15, -0.1) is 0 Å². The summed E-state index contributed by atoms with van der Waals surface area (Å²) in [6, 6.07) is 1.53. The van der Waals surface area contributed by atoms with Crippen molar-refractivity contribution in [3.8, 4) is 0 Å². The number of alkyl halides is 2. The molecule has 8 heteroatoms. The monoisotopic (exact) mass is 362 g/mol. The minimum Gasteiger partial charge on any atom is -0.424 e. The highest BCUT2D eigenvalue weighted by molar-refractivity contribution is 6.07. The van der Waals surface area contributed by atoms with Gasteiger partial charge in [0, 0.05) is 18.3 Å². The van der Waals surface area contributed by atoms with E-state index in [-0.39, 0.29) is 23.3 Å². The number of nitrogens with zero attached hydrogens (tertiary/aromatic N) is 3. The van der Waals surface area contributed by atoms with Crippen LogP contribution in [0.1, 0.15) is 61.0 Å². The number of aliphatic imine (C=N–C) groups is 1. The molecule has 138 valence electrons. The van der Waals surface area contributed by atoms with Crippen molar-refractivity contribution in [2.24, 2.45) is 10.9 Å². The van der Waals surface area contributed by atoms with Crippen molar-refractivity contribution in [1.82, 2.24) is 9.55 Å². The van der Waals surface area contributed by atoms with Crippen molar-refractivity contribution in [2.75, 3.05) is 5.32 Å². The van der Waals surface area contributed by atoms with E-state index in [4.69, 9.17) is 4.42 Å². The van der Waals surface area contributed by atoms with Gasteiger partial charge in [0.25, 0.3) is 12.3 Å². The maximum Gasteiger partial charge on any atom is 0.285 e. The first-order valence-corrected chi connectivity index (χ1v) is 8.35. The molecule has 26 heavy (non-hydrogen) atoms. The molecule has 0 spiro atoms. The summed E-state index contributed by atoms with van der Waals surface area (Å²) in [6.07, 6.45) is 3.95. The van der Waals surface area contributed by atoms with Crippen LogP contribution in [0.15, 0.2) is 27.7 Å². The quantitative estimate of drug-likeness (QED) is 0.735. The number of carbonyl (C=O) groups is 1. The van der Waals surface area contributed by atoms with Gasteiger partial charge in [0.2, 0.25) is 11.8 Å². The Morgan fingerprint density at radius 2 is 2.27 bits per heavy atom. The van der Waals surface area contributed by atoms with Gasteiger partial charge in [-0.25, -0.2) is 18.8 Å². The normalized spacial score (nSPS) is 19.7. The number of halogens is 2. The number of rotatable bonds is 6. The van der Waals surface area contributed by atoms with Gasteiger partial charge in [-0.2, -0.15) is 0 Å². The second-order valence-corrected chi connectivity index (χ2v) is 6.40. The zero-order valence-electron chi connectivity index (χ0n) is 14.6. The Balaban J connectivity index is 1.86. The molecule has 1 N–H and O–H groups in total. The van der Waals surface area contributed by atoms with Crippen LogP contribution < -0.4 is 5.32 Å². The lowest BCUT2D eigenvalue weighted by atomic mass is 9.76. The predicted octanol–water partition coefficient (Wildman–Crippen LogP) is 5.00. The molecule has 0 radical (unpaired) electrons. The second-order valence-electron chi connectivity index (χ2n) is 6.40. The van der Waals surface area contributed by atoms with Crippen molar-refractivity contribution in [3.63, 3.8) is 0 Å². The largest absolute Gasteiger partial charge is 0.424 e. The maximum atomic E-state index is 13.3. The molecule has 0 aromatic carbocycles. The summed E-state index contributed by atoms with van der Waals surface area (Å²) in [6.45, 7) is 7.35. The SMILES string of the molecule is C=Nc1c(C(=O)Nc2oc([C@H]3C[C@H](C)C3)nc2C(F)F)ccn1/C=C\C. The highest BCUT2D eigenvalue weighted by Crippen LogP contribution is 2.43. The number of hydrogen-bond acceptors (Lipinski definition) is 4. The van der Waals surface area contributed by atoms with Gasteiger partial charge in [0.05, 0.1) is 5.56 Å². The van der Waals surface area contributed by atoms with Crippen LogP contribution in [-0.4, -0.2) is 22.2 Å². The highest BCUT2D eigenvalue weighted by Gasteiger charge is 2.34. The smallest absolute Gasteiger partial charge is 0.285 e. The molecule has 6 nitrogen and oxygen atoms in total. The van der Waals surface area contributed by atoms with E-state index in [9.17, 15) is 13.6 Å². The summed E-state index contributed by atoms with van der Waals surface area (Å²) in [5.41, 5.74) is -0.345. The molecule has 0 aliphatic heterocycles. The summed E-state index contributed by atoms with van der Waals surface area (Å²) >= 11 is 0. The summed E-state index contributed by atoms with van der Waals surface area (Å²) in [5.74, 6) is 0.187. The average molecular weight is 362 g/mol. The highest BCUT2D eigenvalue weighted by atomic mass is 19.3. The number of hydrogen-bond donors (Lipinski definition) is 1. The number of anilines is 1. The van der Waals surface area contributed by atoms with E-state index in [0.29, 0.717) is 11.7 Å². The first-order valence-electron chi connectivity index (χ1n) is 8.35. The lowest BCUT2D eigenvalue weighted by Crippen LogP contribution is -2.19. The van der Waals surface area contributed by atoms with Crippen molar-refractivity contribution in [3.05, 3.63) is 35.5 Å². The van der Waals surface area contributed by atoms with Gasteiger partial charge < -0.3 is 8.98 Å². The molecule has 2 heterocycles. The van der Waals surface area contributed by atoms with Crippen LogP contribution in [0.2, 0.25) is 0 Å². The topological polar surface area (TPSA) is 72.4 Å². The van der Waals surface area contributed by atoms with E-state index in [1.54, 1.807) is 23.0 Å². The molecule has 0 atom stereocenters. The van der Waals surface area contributed by atoms with Crippen LogP contribution in [0, 0.1) is 5.92 Å². The first kappa shape index (κ1) is 18.0. The Morgan fingerprint density at radius 1 is 1.54 bits per heavy atom. The van der Waals surface area contributed by atoms with Gasteiger partial charge >= 0.3 is 0 Å². The standard InChI is InChI=1S/C18H20F2N4O2/c1-4-6-24-7-5-12(15(24)21-3)16(25)23-18-13(14(19)20)22-17(26-18)11-8-10(2)9-11/h4-7,10-11,14H,3,8-9H2,1-2H3,(H,23,25)/b6-4-/t10-,11-. The van der Waals surface area contributed by atoms with Crippen LogP contribution in [-0.2, 0) is 0 Å². The Morgan fingerprint density at radius 3 is 2.85 bits per heavy atom. The zero-order chi connectivity index (χ0) is 18.8. The second kappa shape index (κ2) is 7.23. The third-order valence-corrected chi connectivity index (χ3v) is 4.42. The van der Waals surface area contributed by atoms with Gasteiger partial charge in [0.1, 0.15) is 5.82 Å². The van der Waals surface area contributed by atoms with Crippen molar-refractivity contribution < 1.29 is 18.0 Å². The number of allylic oxidation sites excluding steroid dienone is 1. The van der Waals surface area contributed by atoms with E-state index < -0.39 is 18.0 Å².